The Bertz CT molecular complexity index is 933. The van der Waals surface area contributed by atoms with E-state index in [2.05, 4.69) is 40.3 Å². The van der Waals surface area contributed by atoms with Crippen molar-refractivity contribution >= 4 is 11.8 Å². The van der Waals surface area contributed by atoms with Crippen LogP contribution in [-0.2, 0) is 11.8 Å². The van der Waals surface area contributed by atoms with Crippen molar-refractivity contribution in [2.75, 3.05) is 32.7 Å². The highest BCUT2D eigenvalue weighted by Gasteiger charge is 2.50. The molecule has 4 rings (SSSR count). The maximum atomic E-state index is 13.6. The fourth-order valence-electron chi connectivity index (χ4n) is 5.24. The first kappa shape index (κ1) is 20.6. The number of likely N-dealkylation sites (tertiary alicyclic amines) is 2. The van der Waals surface area contributed by atoms with E-state index in [1.807, 2.05) is 36.4 Å². The predicted molar refractivity (Wildman–Crippen MR) is 115 cm³/mol. The standard InChI is InChI=1S/C23H31N5O2/c1-5-24-20(29)13-27-10-17-11-28(23(30)21-16(3)25-14-26(21)4)22(19(17)12-27)18-9-7-6-8-15(18)2/h6-9,14,17,19,22H,5,10-13H2,1-4H3,(H,24,29)/t17-,19-,22+/m0/s1. The lowest BCUT2D eigenvalue weighted by Gasteiger charge is -2.31. The number of hydrogen-bond acceptors (Lipinski definition) is 4. The van der Waals surface area contributed by atoms with Crippen LogP contribution in [0.5, 0.6) is 0 Å². The van der Waals surface area contributed by atoms with E-state index in [0.29, 0.717) is 37.2 Å². The molecule has 2 aliphatic rings. The summed E-state index contributed by atoms with van der Waals surface area (Å²) < 4.78 is 1.82. The Morgan fingerprint density at radius 3 is 2.60 bits per heavy atom. The number of aryl methyl sites for hydroxylation is 3. The maximum Gasteiger partial charge on any atom is 0.272 e. The summed E-state index contributed by atoms with van der Waals surface area (Å²) in [6, 6.07) is 8.36. The molecule has 160 valence electrons. The molecule has 1 aromatic carbocycles. The molecule has 7 heteroatoms. The first-order chi connectivity index (χ1) is 14.4. The van der Waals surface area contributed by atoms with Gasteiger partial charge in [0.05, 0.1) is 24.6 Å². The molecule has 2 aromatic rings. The number of nitrogens with one attached hydrogen (secondary N) is 1. The first-order valence-corrected chi connectivity index (χ1v) is 10.7. The van der Waals surface area contributed by atoms with E-state index in [1.165, 1.54) is 11.1 Å². The van der Waals surface area contributed by atoms with Crippen molar-refractivity contribution in [3.8, 4) is 0 Å². The van der Waals surface area contributed by atoms with Crippen molar-refractivity contribution in [1.29, 1.82) is 0 Å². The van der Waals surface area contributed by atoms with Gasteiger partial charge in [-0.1, -0.05) is 24.3 Å². The normalized spacial score (nSPS) is 23.6. The number of fused-ring (bicyclic) bond motifs is 1. The first-order valence-electron chi connectivity index (χ1n) is 10.7. The zero-order valence-corrected chi connectivity index (χ0v) is 18.3. The van der Waals surface area contributed by atoms with Crippen molar-refractivity contribution in [3.63, 3.8) is 0 Å². The van der Waals surface area contributed by atoms with Crippen LogP contribution in [0.25, 0.3) is 0 Å². The zero-order chi connectivity index (χ0) is 21.4. The third-order valence-corrected chi connectivity index (χ3v) is 6.57. The molecule has 30 heavy (non-hydrogen) atoms. The second kappa shape index (κ2) is 8.22. The van der Waals surface area contributed by atoms with Gasteiger partial charge in [-0.15, -0.1) is 0 Å². The molecule has 2 saturated heterocycles. The molecule has 0 radical (unpaired) electrons. The molecule has 2 amide bonds. The minimum Gasteiger partial charge on any atom is -0.355 e. The van der Waals surface area contributed by atoms with Crippen LogP contribution in [0.2, 0.25) is 0 Å². The van der Waals surface area contributed by atoms with Crippen molar-refractivity contribution in [2.24, 2.45) is 18.9 Å². The third-order valence-electron chi connectivity index (χ3n) is 6.57. The number of amides is 2. The van der Waals surface area contributed by atoms with Crippen LogP contribution in [0.3, 0.4) is 0 Å². The minimum absolute atomic E-state index is 0.0113. The van der Waals surface area contributed by atoms with Gasteiger partial charge in [-0.05, 0) is 37.8 Å². The Morgan fingerprint density at radius 2 is 1.93 bits per heavy atom. The summed E-state index contributed by atoms with van der Waals surface area (Å²) in [6.07, 6.45) is 1.70. The SMILES string of the molecule is CCNC(=O)CN1C[C@H]2CN(C(=O)c3c(C)ncn3C)[C@H](c3ccccc3C)[C@H]2C1. The van der Waals surface area contributed by atoms with Crippen LogP contribution < -0.4 is 5.32 Å². The summed E-state index contributed by atoms with van der Waals surface area (Å²) in [5, 5.41) is 2.89. The highest BCUT2D eigenvalue weighted by Crippen LogP contribution is 2.46. The van der Waals surface area contributed by atoms with Crippen molar-refractivity contribution in [2.45, 2.75) is 26.8 Å². The van der Waals surface area contributed by atoms with Crippen LogP contribution in [0, 0.1) is 25.7 Å². The molecular weight excluding hydrogens is 378 g/mol. The number of hydrogen-bond donors (Lipinski definition) is 1. The van der Waals surface area contributed by atoms with E-state index < -0.39 is 0 Å². The van der Waals surface area contributed by atoms with E-state index in [9.17, 15) is 9.59 Å². The van der Waals surface area contributed by atoms with E-state index in [4.69, 9.17) is 0 Å². The third kappa shape index (κ3) is 3.62. The van der Waals surface area contributed by atoms with E-state index in [-0.39, 0.29) is 17.9 Å². The fourth-order valence-corrected chi connectivity index (χ4v) is 5.24. The van der Waals surface area contributed by atoms with E-state index >= 15 is 0 Å². The number of rotatable bonds is 5. The Balaban J connectivity index is 1.64. The summed E-state index contributed by atoms with van der Waals surface area (Å²) in [4.78, 5) is 34.3. The molecule has 3 heterocycles. The predicted octanol–water partition coefficient (Wildman–Crippen LogP) is 1.92. The molecule has 0 aliphatic carbocycles. The molecule has 0 bridgehead atoms. The van der Waals surface area contributed by atoms with E-state index in [0.717, 1.165) is 18.8 Å². The second-order valence-electron chi connectivity index (χ2n) is 8.62. The molecule has 2 aliphatic heterocycles. The van der Waals surface area contributed by atoms with Crippen LogP contribution in [-0.4, -0.2) is 63.9 Å². The highest BCUT2D eigenvalue weighted by molar-refractivity contribution is 5.94. The highest BCUT2D eigenvalue weighted by atomic mass is 16.2. The second-order valence-corrected chi connectivity index (χ2v) is 8.62. The Morgan fingerprint density at radius 1 is 1.17 bits per heavy atom. The lowest BCUT2D eigenvalue weighted by molar-refractivity contribution is -0.122. The number of carbonyl (C=O) groups excluding carboxylic acids is 2. The fraction of sp³-hybridized carbons (Fsp3) is 0.522. The zero-order valence-electron chi connectivity index (χ0n) is 18.3. The van der Waals surface area contributed by atoms with Crippen LogP contribution in [0.15, 0.2) is 30.6 Å². The summed E-state index contributed by atoms with van der Waals surface area (Å²) in [6.45, 7) is 9.40. The summed E-state index contributed by atoms with van der Waals surface area (Å²) >= 11 is 0. The number of carbonyl (C=O) groups is 2. The molecule has 0 spiro atoms. The van der Waals surface area contributed by atoms with Gasteiger partial charge in [-0.2, -0.15) is 0 Å². The van der Waals surface area contributed by atoms with Crippen LogP contribution in [0.4, 0.5) is 0 Å². The molecule has 7 nitrogen and oxygen atoms in total. The average molecular weight is 410 g/mol. The molecule has 3 atom stereocenters. The Hall–Kier alpha value is -2.67. The van der Waals surface area contributed by atoms with Crippen LogP contribution >= 0.6 is 0 Å². The minimum atomic E-state index is 0.0113. The van der Waals surface area contributed by atoms with Gasteiger partial charge in [0.1, 0.15) is 5.69 Å². The molecule has 0 saturated carbocycles. The quantitative estimate of drug-likeness (QED) is 0.819. The van der Waals surface area contributed by atoms with Gasteiger partial charge in [0.2, 0.25) is 5.91 Å². The molecular formula is C23H31N5O2. The maximum absolute atomic E-state index is 13.6. The lowest BCUT2D eigenvalue weighted by atomic mass is 9.87. The number of aromatic nitrogens is 2. The Labute approximate surface area is 178 Å². The molecule has 0 unspecified atom stereocenters. The van der Waals surface area contributed by atoms with Gasteiger partial charge >= 0.3 is 0 Å². The topological polar surface area (TPSA) is 70.5 Å². The van der Waals surface area contributed by atoms with Gasteiger partial charge < -0.3 is 14.8 Å². The van der Waals surface area contributed by atoms with Gasteiger partial charge in [-0.25, -0.2) is 4.98 Å². The summed E-state index contributed by atoms with van der Waals surface area (Å²) in [7, 11) is 1.88. The average Bonchev–Trinajstić information content (AvgIpc) is 3.34. The lowest BCUT2D eigenvalue weighted by Crippen LogP contribution is -2.40. The van der Waals surface area contributed by atoms with Crippen molar-refractivity contribution in [3.05, 3.63) is 53.1 Å². The van der Waals surface area contributed by atoms with E-state index in [1.54, 1.807) is 6.33 Å². The smallest absolute Gasteiger partial charge is 0.272 e. The van der Waals surface area contributed by atoms with Crippen molar-refractivity contribution in [1.82, 2.24) is 24.7 Å². The van der Waals surface area contributed by atoms with Gasteiger partial charge in [-0.3, -0.25) is 14.5 Å². The number of imidazole rings is 1. The molecule has 1 aromatic heterocycles. The summed E-state index contributed by atoms with van der Waals surface area (Å²) in [5.41, 5.74) is 3.83. The van der Waals surface area contributed by atoms with Crippen molar-refractivity contribution < 1.29 is 9.59 Å². The number of nitrogens with zero attached hydrogens (tertiary/aromatic N) is 4. The summed E-state index contributed by atoms with van der Waals surface area (Å²) in [5.74, 6) is 0.799. The monoisotopic (exact) mass is 409 g/mol. The molecule has 2 fully saturated rings. The largest absolute Gasteiger partial charge is 0.355 e. The van der Waals surface area contributed by atoms with Gasteiger partial charge in [0.15, 0.2) is 0 Å². The van der Waals surface area contributed by atoms with Gasteiger partial charge in [0, 0.05) is 39.1 Å². The Kier molecular flexibility index (Phi) is 5.64. The van der Waals surface area contributed by atoms with Crippen LogP contribution in [0.1, 0.15) is 40.3 Å². The van der Waals surface area contributed by atoms with Gasteiger partial charge in [0.25, 0.3) is 5.91 Å². The number of likely N-dealkylation sites (N-methyl/N-ethyl adjacent to an activating group) is 1. The molecule has 1 N–H and O–H groups in total. The number of benzene rings is 1.